The first kappa shape index (κ1) is 15.9. The molecule has 0 aromatic heterocycles. The molecule has 4 heteroatoms. The lowest BCUT2D eigenvalue weighted by Crippen LogP contribution is -2.47. The summed E-state index contributed by atoms with van der Waals surface area (Å²) in [5.74, 6) is 0.334. The van der Waals surface area contributed by atoms with E-state index in [1.807, 2.05) is 31.2 Å². The van der Waals surface area contributed by atoms with E-state index >= 15 is 0 Å². The molecule has 1 saturated carbocycles. The minimum atomic E-state index is -0.639. The topological polar surface area (TPSA) is 52.9 Å². The summed E-state index contributed by atoms with van der Waals surface area (Å²) in [7, 11) is 0. The van der Waals surface area contributed by atoms with Gasteiger partial charge in [0.15, 0.2) is 0 Å². The van der Waals surface area contributed by atoms with Crippen molar-refractivity contribution in [3.05, 3.63) is 29.8 Å². The molecule has 0 heterocycles. The van der Waals surface area contributed by atoms with Crippen LogP contribution in [-0.4, -0.2) is 17.2 Å². The predicted octanol–water partition coefficient (Wildman–Crippen LogP) is 3.82. The van der Waals surface area contributed by atoms with Crippen LogP contribution in [0.15, 0.2) is 29.2 Å². The summed E-state index contributed by atoms with van der Waals surface area (Å²) >= 11 is 1.54. The van der Waals surface area contributed by atoms with Gasteiger partial charge in [0, 0.05) is 4.90 Å². The maximum absolute atomic E-state index is 12.2. The Morgan fingerprint density at radius 1 is 1.29 bits per heavy atom. The third-order valence-corrected chi connectivity index (χ3v) is 5.18. The maximum Gasteiger partial charge on any atom is 0.231 e. The molecule has 1 aliphatic carbocycles. The average molecular weight is 302 g/mol. The summed E-state index contributed by atoms with van der Waals surface area (Å²) in [5.41, 5.74) is 0.541. The van der Waals surface area contributed by atoms with Crippen LogP contribution in [0.4, 0.5) is 0 Å². The van der Waals surface area contributed by atoms with E-state index in [0.717, 1.165) is 43.4 Å². The number of amides is 1. The SMILES string of the molecule is Cc1ccccc1SCC(=O)NC1(C#N)CCCCCC1. The lowest BCUT2D eigenvalue weighted by molar-refractivity contribution is -0.120. The quantitative estimate of drug-likeness (QED) is 0.679. The van der Waals surface area contributed by atoms with E-state index in [-0.39, 0.29) is 5.91 Å². The van der Waals surface area contributed by atoms with Gasteiger partial charge in [-0.15, -0.1) is 11.8 Å². The van der Waals surface area contributed by atoms with Crippen molar-refractivity contribution in [3.8, 4) is 6.07 Å². The van der Waals surface area contributed by atoms with E-state index in [2.05, 4.69) is 11.4 Å². The molecule has 1 aliphatic rings. The van der Waals surface area contributed by atoms with Gasteiger partial charge in [0.25, 0.3) is 0 Å². The van der Waals surface area contributed by atoms with E-state index < -0.39 is 5.54 Å². The molecule has 2 rings (SSSR count). The molecule has 1 aromatic rings. The Labute approximate surface area is 131 Å². The number of nitrogens with one attached hydrogen (secondary N) is 1. The summed E-state index contributed by atoms with van der Waals surface area (Å²) < 4.78 is 0. The summed E-state index contributed by atoms with van der Waals surface area (Å²) in [6.07, 6.45) is 5.95. The molecule has 0 unspecified atom stereocenters. The highest BCUT2D eigenvalue weighted by atomic mass is 32.2. The molecule has 0 aliphatic heterocycles. The van der Waals surface area contributed by atoms with Crippen molar-refractivity contribution in [2.24, 2.45) is 0 Å². The second-order valence-corrected chi connectivity index (χ2v) is 6.73. The standard InChI is InChI=1S/C17H22N2OS/c1-14-8-4-5-9-15(14)21-12-16(20)19-17(13-18)10-6-2-3-7-11-17/h4-5,8-9H,2-3,6-7,10-12H2,1H3,(H,19,20). The molecule has 0 bridgehead atoms. The number of nitrogens with zero attached hydrogens (tertiary/aromatic N) is 1. The van der Waals surface area contributed by atoms with Crippen LogP contribution in [0.2, 0.25) is 0 Å². The van der Waals surface area contributed by atoms with Gasteiger partial charge in [-0.05, 0) is 31.4 Å². The Hall–Kier alpha value is -1.47. The van der Waals surface area contributed by atoms with Crippen LogP contribution in [0.5, 0.6) is 0 Å². The second kappa shape index (κ2) is 7.51. The Balaban J connectivity index is 1.91. The number of benzene rings is 1. The zero-order valence-electron chi connectivity index (χ0n) is 12.5. The van der Waals surface area contributed by atoms with Gasteiger partial charge in [-0.25, -0.2) is 0 Å². The van der Waals surface area contributed by atoms with Crippen molar-refractivity contribution in [1.29, 1.82) is 5.26 Å². The van der Waals surface area contributed by atoms with Crippen LogP contribution < -0.4 is 5.32 Å². The highest BCUT2D eigenvalue weighted by Gasteiger charge is 2.32. The van der Waals surface area contributed by atoms with Gasteiger partial charge in [-0.2, -0.15) is 5.26 Å². The van der Waals surface area contributed by atoms with Crippen molar-refractivity contribution < 1.29 is 4.79 Å². The average Bonchev–Trinajstić information content (AvgIpc) is 2.72. The van der Waals surface area contributed by atoms with Crippen molar-refractivity contribution >= 4 is 17.7 Å². The molecule has 1 aromatic carbocycles. The molecule has 0 saturated heterocycles. The Bertz CT molecular complexity index is 528. The molecule has 112 valence electrons. The summed E-state index contributed by atoms with van der Waals surface area (Å²) in [4.78, 5) is 13.3. The van der Waals surface area contributed by atoms with Crippen molar-refractivity contribution in [2.75, 3.05) is 5.75 Å². The summed E-state index contributed by atoms with van der Waals surface area (Å²) in [6, 6.07) is 10.4. The normalized spacial score (nSPS) is 17.5. The van der Waals surface area contributed by atoms with Crippen LogP contribution in [0.25, 0.3) is 0 Å². The molecule has 1 N–H and O–H groups in total. The monoisotopic (exact) mass is 302 g/mol. The molecule has 1 amide bonds. The maximum atomic E-state index is 12.2. The molecular formula is C17H22N2OS. The molecular weight excluding hydrogens is 280 g/mol. The third-order valence-electron chi connectivity index (χ3n) is 4.00. The van der Waals surface area contributed by atoms with Crippen LogP contribution in [0.1, 0.15) is 44.1 Å². The Morgan fingerprint density at radius 2 is 1.95 bits per heavy atom. The van der Waals surface area contributed by atoms with Gasteiger partial charge >= 0.3 is 0 Å². The van der Waals surface area contributed by atoms with E-state index in [9.17, 15) is 10.1 Å². The third kappa shape index (κ3) is 4.50. The summed E-state index contributed by atoms with van der Waals surface area (Å²) in [5, 5.41) is 12.5. The second-order valence-electron chi connectivity index (χ2n) is 5.71. The predicted molar refractivity (Wildman–Crippen MR) is 86.1 cm³/mol. The van der Waals surface area contributed by atoms with E-state index in [1.165, 1.54) is 17.3 Å². The highest BCUT2D eigenvalue weighted by molar-refractivity contribution is 8.00. The minimum Gasteiger partial charge on any atom is -0.337 e. The van der Waals surface area contributed by atoms with Crippen LogP contribution in [-0.2, 0) is 4.79 Å². The zero-order valence-corrected chi connectivity index (χ0v) is 13.3. The zero-order chi connectivity index (χ0) is 15.1. The lowest BCUT2D eigenvalue weighted by atomic mass is 9.92. The van der Waals surface area contributed by atoms with E-state index in [1.54, 1.807) is 0 Å². The minimum absolute atomic E-state index is 0.0355. The molecule has 0 radical (unpaired) electrons. The van der Waals surface area contributed by atoms with Gasteiger partial charge in [0.05, 0.1) is 11.8 Å². The number of rotatable bonds is 4. The van der Waals surface area contributed by atoms with Crippen LogP contribution >= 0.6 is 11.8 Å². The number of carbonyl (C=O) groups excluding carboxylic acids is 1. The lowest BCUT2D eigenvalue weighted by Gasteiger charge is -2.26. The molecule has 1 fully saturated rings. The molecule has 3 nitrogen and oxygen atoms in total. The van der Waals surface area contributed by atoms with Gasteiger partial charge in [0.1, 0.15) is 5.54 Å². The van der Waals surface area contributed by atoms with Crippen LogP contribution in [0.3, 0.4) is 0 Å². The Morgan fingerprint density at radius 3 is 2.57 bits per heavy atom. The van der Waals surface area contributed by atoms with Gasteiger partial charge in [-0.3, -0.25) is 4.79 Å². The van der Waals surface area contributed by atoms with Crippen molar-refractivity contribution in [2.45, 2.75) is 55.9 Å². The first-order valence-corrected chi connectivity index (χ1v) is 8.54. The first-order chi connectivity index (χ1) is 10.2. The number of hydrogen-bond donors (Lipinski definition) is 1. The van der Waals surface area contributed by atoms with Crippen molar-refractivity contribution in [3.63, 3.8) is 0 Å². The molecule has 0 atom stereocenters. The summed E-state index contributed by atoms with van der Waals surface area (Å²) in [6.45, 7) is 2.04. The number of nitriles is 1. The van der Waals surface area contributed by atoms with E-state index in [0.29, 0.717) is 5.75 Å². The van der Waals surface area contributed by atoms with Gasteiger partial charge in [0.2, 0.25) is 5.91 Å². The Kier molecular flexibility index (Phi) is 5.69. The first-order valence-electron chi connectivity index (χ1n) is 7.56. The number of carbonyl (C=O) groups is 1. The van der Waals surface area contributed by atoms with Crippen LogP contribution in [0, 0.1) is 18.3 Å². The fourth-order valence-corrected chi connectivity index (χ4v) is 3.59. The van der Waals surface area contributed by atoms with Gasteiger partial charge < -0.3 is 5.32 Å². The fraction of sp³-hybridized carbons (Fsp3) is 0.529. The smallest absolute Gasteiger partial charge is 0.231 e. The van der Waals surface area contributed by atoms with Gasteiger partial charge in [-0.1, -0.05) is 43.9 Å². The molecule has 0 spiro atoms. The number of aryl methyl sites for hydroxylation is 1. The van der Waals surface area contributed by atoms with Crippen molar-refractivity contribution in [1.82, 2.24) is 5.32 Å². The number of hydrogen-bond acceptors (Lipinski definition) is 3. The highest BCUT2D eigenvalue weighted by Crippen LogP contribution is 2.27. The number of thioether (sulfide) groups is 1. The molecule has 21 heavy (non-hydrogen) atoms. The fourth-order valence-electron chi connectivity index (χ4n) is 2.76. The largest absolute Gasteiger partial charge is 0.337 e. The van der Waals surface area contributed by atoms with E-state index in [4.69, 9.17) is 0 Å².